The third-order valence-corrected chi connectivity index (χ3v) is 29.2. The summed E-state index contributed by atoms with van der Waals surface area (Å²) in [6.45, 7) is 33.0. The van der Waals surface area contributed by atoms with Crippen LogP contribution in [0.3, 0.4) is 0 Å². The van der Waals surface area contributed by atoms with Crippen LogP contribution >= 0.6 is 7.26 Å². The minimum absolute atomic E-state index is 0.0453. The van der Waals surface area contributed by atoms with Crippen LogP contribution in [0.15, 0.2) is 127 Å². The van der Waals surface area contributed by atoms with Gasteiger partial charge in [-0.1, -0.05) is 190 Å². The van der Waals surface area contributed by atoms with Crippen LogP contribution in [0, 0.1) is 71.0 Å². The predicted octanol–water partition coefficient (Wildman–Crippen LogP) is 11.4. The van der Waals surface area contributed by atoms with E-state index in [0.717, 1.165) is 0 Å². The molecule has 1 heterocycles. The molecule has 4 N–H and O–H groups in total. The number of amides is 9. The maximum Gasteiger partial charge on any atom is 0.251 e. The number of aliphatic hydroxyl groups is 1. The summed E-state index contributed by atoms with van der Waals surface area (Å²) in [5, 5.41) is 24.8. The zero-order chi connectivity index (χ0) is 92.9. The van der Waals surface area contributed by atoms with Crippen LogP contribution in [-0.4, -0.2) is 234 Å². The first kappa shape index (κ1) is 105. The molecule has 0 bridgehead atoms. The second-order valence-corrected chi connectivity index (χ2v) is 40.6. The Kier molecular flexibility index (Phi) is 42.7. The summed E-state index contributed by atoms with van der Waals surface area (Å²) in [4.78, 5) is 203. The number of hydrogen-bond acceptors (Lipinski definition) is 15. The van der Waals surface area contributed by atoms with E-state index in [1.807, 2.05) is 123 Å². The number of allylic oxidation sites excluding steroid dienone is 2. The van der Waals surface area contributed by atoms with Gasteiger partial charge < -0.3 is 55.2 Å². The molecule has 1 saturated heterocycles. The fourth-order valence-electron chi connectivity index (χ4n) is 17.2. The molecule has 1 aliphatic rings. The molecule has 4 aromatic rings. The highest BCUT2D eigenvalue weighted by molar-refractivity contribution is 7.95. The number of rotatable bonds is 30. The molecule has 0 saturated carbocycles. The number of benzene rings is 4. The van der Waals surface area contributed by atoms with Gasteiger partial charge in [-0.15, -0.1) is 0 Å². The molecule has 4 aromatic carbocycles. The van der Waals surface area contributed by atoms with Crippen molar-refractivity contribution < 1.29 is 72.2 Å². The first-order valence-electron chi connectivity index (χ1n) is 45.0. The first-order chi connectivity index (χ1) is 58.4. The van der Waals surface area contributed by atoms with Crippen molar-refractivity contribution in [2.45, 2.75) is 244 Å². The molecule has 0 aliphatic carbocycles. The summed E-state index contributed by atoms with van der Waals surface area (Å²) in [6.07, 6.45) is 2.68. The van der Waals surface area contributed by atoms with Crippen molar-refractivity contribution in [3.63, 3.8) is 0 Å². The molecule has 14 atom stereocenters. The quantitative estimate of drug-likeness (QED) is 0.0214. The zero-order valence-electron chi connectivity index (χ0n) is 78.8. The monoisotopic (exact) mass is 1740 g/mol. The SMILES string of the molecule is C/C=C/C[C@@H](C)[C@@H](O)[C@H]1C(=O)C[C@@H](CC)C(=O)N(C)C(Cc2ccc(C(=O)NCCOCCNC(=O)CC[P+](c3ccccc3)(c3ccccc3)c3ccccc3)cc2)C(=O)N(C)[C@@H](CC(C)C)C(=O)C[C@@H](C(C)C)C(=O)N(C)[C@@H](CC(C)C)C(=O)C[C@@H](C)C(=O)N[C@H](C)C(=O)N(C)[C@@H](CC(C)C)C(=O)N(C)[C@@H](CC(C)C)C(=O)C(C)[C@@H](C(C)C)C(=O)N1C. The Morgan fingerprint density at radius 2 is 0.952 bits per heavy atom. The lowest BCUT2D eigenvalue weighted by Gasteiger charge is -2.40. The average Bonchev–Trinajstić information content (AvgIpc) is 0.760. The van der Waals surface area contributed by atoms with E-state index in [1.54, 1.807) is 85.7 Å². The number of ether oxygens (including phenoxy) is 1. The average molecular weight is 1740 g/mol. The van der Waals surface area contributed by atoms with Crippen LogP contribution < -0.4 is 31.9 Å². The van der Waals surface area contributed by atoms with Gasteiger partial charge in [-0.2, -0.15) is 0 Å². The maximum atomic E-state index is 16.0. The molecule has 24 nitrogen and oxygen atoms in total. The van der Waals surface area contributed by atoms with Crippen molar-refractivity contribution in [2.24, 2.45) is 71.0 Å². The molecule has 0 radical (unpaired) electrons. The summed E-state index contributed by atoms with van der Waals surface area (Å²) in [5.74, 6) is -14.5. The van der Waals surface area contributed by atoms with E-state index in [-0.39, 0.29) is 119 Å². The number of aliphatic hydroxyl groups excluding tert-OH is 1. The van der Waals surface area contributed by atoms with E-state index >= 15 is 38.4 Å². The third kappa shape index (κ3) is 29.0. The van der Waals surface area contributed by atoms with Gasteiger partial charge in [0.2, 0.25) is 47.3 Å². The lowest BCUT2D eigenvalue weighted by Crippen LogP contribution is -2.58. The van der Waals surface area contributed by atoms with Gasteiger partial charge in [-0.3, -0.25) is 62.3 Å². The van der Waals surface area contributed by atoms with E-state index in [0.29, 0.717) is 18.1 Å². The molecule has 124 heavy (non-hydrogen) atoms. The van der Waals surface area contributed by atoms with Gasteiger partial charge in [-0.25, -0.2) is 0 Å². The van der Waals surface area contributed by atoms with Crippen molar-refractivity contribution in [3.8, 4) is 0 Å². The lowest BCUT2D eigenvalue weighted by molar-refractivity contribution is -0.154. The van der Waals surface area contributed by atoms with E-state index in [9.17, 15) is 29.1 Å². The number of hydrogen-bond donors (Lipinski definition) is 4. The molecular formula is C99H149N9O15P+. The Morgan fingerprint density at radius 1 is 0.508 bits per heavy atom. The van der Waals surface area contributed by atoms with Crippen molar-refractivity contribution in [1.82, 2.24) is 45.3 Å². The van der Waals surface area contributed by atoms with Crippen molar-refractivity contribution in [1.29, 1.82) is 0 Å². The zero-order valence-corrected chi connectivity index (χ0v) is 79.7. The van der Waals surface area contributed by atoms with Gasteiger partial charge >= 0.3 is 0 Å². The number of ketones is 4. The normalized spacial score (nSPS) is 23.5. The van der Waals surface area contributed by atoms with Gasteiger partial charge in [0.15, 0.2) is 23.1 Å². The van der Waals surface area contributed by atoms with Gasteiger partial charge in [0.25, 0.3) is 5.91 Å². The standard InChI is InChI=1S/C99H148N9O15P/c1-25-27-37-68(15)90(113)89-86(111)60-73(26-2)95(118)107(23)83(59-72-44-46-74(47-45-72)93(116)101-50-52-123-51-49-100-87(112)48-53-124(75-38-31-28-32-39-75,76-40-33-29-34-41-76)77-42-35-30-36-43-77)98(121)104(20)80(55-63(5)6)85(110)61-78(66(11)12)96(119)103(19)79(54-62(3)4)84(109)58-69(16)92(115)102-71(18)94(117)106(22)82(57-65(9)10)97(120)105(21)81(56-64(7)8)91(114)70(17)88(67(13)14)99(122)108(89)24/h25,27-36,38-47,62-71,73,78-83,88-90,113H,26,37,48-61H2,1-24H3,(H2-,100,101,102,112,115,116)/p+1/b27-25+/t68-,69-,70?,71-,73-,78+,79+,80+,81+,82+,83?,88-,89-,90-/m1/s1. The molecule has 0 spiro atoms. The molecule has 0 aromatic heterocycles. The first-order valence-corrected chi connectivity index (χ1v) is 47.0. The largest absolute Gasteiger partial charge is 0.390 e. The van der Waals surface area contributed by atoms with Gasteiger partial charge in [0.1, 0.15) is 47.3 Å². The molecule has 9 amide bonds. The summed E-state index contributed by atoms with van der Waals surface area (Å²) >= 11 is 0. The van der Waals surface area contributed by atoms with Crippen molar-refractivity contribution in [3.05, 3.63) is 139 Å². The molecule has 2 unspecified atom stereocenters. The van der Waals surface area contributed by atoms with Gasteiger partial charge in [0, 0.05) is 116 Å². The molecule has 684 valence electrons. The smallest absolute Gasteiger partial charge is 0.251 e. The maximum absolute atomic E-state index is 16.0. The number of likely N-dealkylation sites (N-methyl/N-ethyl adjacent to an activating group) is 6. The highest BCUT2D eigenvalue weighted by Crippen LogP contribution is 2.56. The molecule has 5 rings (SSSR count). The summed E-state index contributed by atoms with van der Waals surface area (Å²) in [5.41, 5.74) is 0.782. The van der Waals surface area contributed by atoms with Crippen LogP contribution in [0.25, 0.3) is 0 Å². The molecule has 25 heteroatoms. The number of nitrogens with one attached hydrogen (secondary N) is 3. The Balaban J connectivity index is 1.55. The Morgan fingerprint density at radius 3 is 1.43 bits per heavy atom. The lowest BCUT2D eigenvalue weighted by atomic mass is 9.77. The number of nitrogens with zero attached hydrogens (tertiary/aromatic N) is 6. The Hall–Kier alpha value is -9.12. The predicted molar refractivity (Wildman–Crippen MR) is 493 cm³/mol. The minimum Gasteiger partial charge on any atom is -0.390 e. The van der Waals surface area contributed by atoms with E-state index in [2.05, 4.69) is 52.3 Å². The summed E-state index contributed by atoms with van der Waals surface area (Å²) in [6, 6.07) is 29.0. The van der Waals surface area contributed by atoms with Gasteiger partial charge in [-0.05, 0) is 148 Å². The van der Waals surface area contributed by atoms with E-state index < -0.39 is 180 Å². The van der Waals surface area contributed by atoms with Crippen LogP contribution in [-0.2, 0) is 68.7 Å². The van der Waals surface area contributed by atoms with Gasteiger partial charge in [0.05, 0.1) is 50.0 Å². The molecular weight excluding hydrogens is 1590 g/mol. The van der Waals surface area contributed by atoms with Crippen LogP contribution in [0.1, 0.15) is 205 Å². The minimum atomic E-state index is -2.23. The highest BCUT2D eigenvalue weighted by Gasteiger charge is 2.49. The molecule has 1 aliphatic heterocycles. The number of carbonyl (C=O) groups is 13. The number of carbonyl (C=O) groups excluding carboxylic acids is 13. The molecule has 1 fully saturated rings. The topological polar surface area (TPSA) is 307 Å². The van der Waals surface area contributed by atoms with Crippen molar-refractivity contribution in [2.75, 3.05) is 74.8 Å². The Labute approximate surface area is 741 Å². The van der Waals surface area contributed by atoms with E-state index in [1.165, 1.54) is 94.5 Å². The second-order valence-electron chi connectivity index (χ2n) is 37.0. The third-order valence-electron chi connectivity index (χ3n) is 24.8. The van der Waals surface area contributed by atoms with Crippen LogP contribution in [0.5, 0.6) is 0 Å². The fraction of sp³-hybridized carbons (Fsp3) is 0.606. The number of Topliss-reactive ketones (excluding diaryl/α,β-unsaturated/α-hetero) is 4. The highest BCUT2D eigenvalue weighted by atomic mass is 31.2. The van der Waals surface area contributed by atoms with E-state index in [4.69, 9.17) is 4.74 Å². The summed E-state index contributed by atoms with van der Waals surface area (Å²) < 4.78 is 5.88. The fourth-order valence-corrected chi connectivity index (χ4v) is 21.4. The van der Waals surface area contributed by atoms with Crippen LogP contribution in [0.2, 0.25) is 0 Å². The van der Waals surface area contributed by atoms with Crippen LogP contribution in [0.4, 0.5) is 0 Å². The van der Waals surface area contributed by atoms with Crippen molar-refractivity contribution >= 4 is 99.5 Å². The Bertz CT molecular complexity index is 4100. The summed E-state index contributed by atoms with van der Waals surface area (Å²) in [7, 11) is 6.60. The second kappa shape index (κ2) is 50.3.